The van der Waals surface area contributed by atoms with Gasteiger partial charge in [0.15, 0.2) is 0 Å². The molecule has 0 radical (unpaired) electrons. The Labute approximate surface area is 106 Å². The number of likely N-dealkylation sites (N-methyl/N-ethyl adjacent to an activating group) is 2. The third-order valence-electron chi connectivity index (χ3n) is 4.14. The zero-order valence-electron chi connectivity index (χ0n) is 11.8. The Hall–Kier alpha value is -0.570. The summed E-state index contributed by atoms with van der Waals surface area (Å²) < 4.78 is 0. The second kappa shape index (κ2) is 7.00. The Morgan fingerprint density at radius 3 is 2.35 bits per heavy atom. The molecule has 3 heteroatoms. The van der Waals surface area contributed by atoms with Crippen LogP contribution in [0.15, 0.2) is 0 Å². The Balaban J connectivity index is 2.35. The zero-order valence-corrected chi connectivity index (χ0v) is 11.8. The molecule has 1 N–H and O–H groups in total. The summed E-state index contributed by atoms with van der Waals surface area (Å²) in [4.78, 5) is 14.1. The fraction of sp³-hybridized carbons (Fsp3) is 0.929. The van der Waals surface area contributed by atoms with Crippen LogP contribution in [-0.4, -0.2) is 38.0 Å². The van der Waals surface area contributed by atoms with Crippen LogP contribution in [-0.2, 0) is 4.79 Å². The van der Waals surface area contributed by atoms with Crippen molar-refractivity contribution in [2.24, 2.45) is 17.8 Å². The predicted molar refractivity (Wildman–Crippen MR) is 71.8 cm³/mol. The van der Waals surface area contributed by atoms with Crippen molar-refractivity contribution in [2.45, 2.75) is 39.5 Å². The molecule has 17 heavy (non-hydrogen) atoms. The average Bonchev–Trinajstić information content (AvgIpc) is 2.35. The van der Waals surface area contributed by atoms with E-state index in [1.165, 1.54) is 12.8 Å². The van der Waals surface area contributed by atoms with E-state index in [-0.39, 0.29) is 5.92 Å². The molecule has 100 valence electrons. The summed E-state index contributed by atoms with van der Waals surface area (Å²) in [6, 6.07) is 0. The summed E-state index contributed by atoms with van der Waals surface area (Å²) in [6.45, 7) is 6.29. The van der Waals surface area contributed by atoms with Crippen molar-refractivity contribution in [2.75, 3.05) is 27.2 Å². The van der Waals surface area contributed by atoms with Crippen LogP contribution in [0.2, 0.25) is 0 Å². The van der Waals surface area contributed by atoms with Gasteiger partial charge in [0.25, 0.3) is 0 Å². The van der Waals surface area contributed by atoms with Gasteiger partial charge in [0.1, 0.15) is 0 Å². The summed E-state index contributed by atoms with van der Waals surface area (Å²) in [5.74, 6) is 2.24. The Kier molecular flexibility index (Phi) is 5.96. The fourth-order valence-electron chi connectivity index (χ4n) is 2.73. The third-order valence-corrected chi connectivity index (χ3v) is 4.14. The van der Waals surface area contributed by atoms with E-state index in [0.717, 1.165) is 37.8 Å². The minimum absolute atomic E-state index is 0.284. The van der Waals surface area contributed by atoms with Crippen LogP contribution >= 0.6 is 0 Å². The van der Waals surface area contributed by atoms with Gasteiger partial charge in [-0.05, 0) is 44.6 Å². The smallest absolute Gasteiger partial charge is 0.225 e. The molecule has 0 spiro atoms. The zero-order chi connectivity index (χ0) is 12.8. The van der Waals surface area contributed by atoms with Crippen molar-refractivity contribution in [1.29, 1.82) is 0 Å². The maximum atomic E-state index is 12.2. The molecule has 0 heterocycles. The second-order valence-electron chi connectivity index (χ2n) is 5.72. The van der Waals surface area contributed by atoms with Gasteiger partial charge in [0.05, 0.1) is 0 Å². The molecule has 0 aliphatic heterocycles. The molecule has 0 unspecified atom stereocenters. The molecule has 0 aromatic heterocycles. The Bertz CT molecular complexity index is 232. The van der Waals surface area contributed by atoms with E-state index in [1.807, 2.05) is 19.0 Å². The van der Waals surface area contributed by atoms with E-state index in [9.17, 15) is 4.79 Å². The van der Waals surface area contributed by atoms with Crippen molar-refractivity contribution in [3.63, 3.8) is 0 Å². The molecular formula is C14H28N2O. The standard InChI is InChI=1S/C14H28N2O/c1-11(2)12-5-7-13(8-6-12)14(17)16(4)10-9-15-3/h11-13,15H,5-10H2,1-4H3. The maximum absolute atomic E-state index is 12.2. The number of amides is 1. The highest BCUT2D eigenvalue weighted by Gasteiger charge is 2.28. The molecule has 1 fully saturated rings. The monoisotopic (exact) mass is 240 g/mol. The largest absolute Gasteiger partial charge is 0.344 e. The Morgan fingerprint density at radius 1 is 1.29 bits per heavy atom. The van der Waals surface area contributed by atoms with E-state index >= 15 is 0 Å². The lowest BCUT2D eigenvalue weighted by atomic mass is 9.76. The summed E-state index contributed by atoms with van der Waals surface area (Å²) in [5, 5.41) is 3.08. The molecule has 0 aromatic rings. The second-order valence-corrected chi connectivity index (χ2v) is 5.72. The van der Waals surface area contributed by atoms with Gasteiger partial charge in [-0.25, -0.2) is 0 Å². The molecule has 1 aliphatic carbocycles. The van der Waals surface area contributed by atoms with Gasteiger partial charge >= 0.3 is 0 Å². The number of carbonyl (C=O) groups excluding carboxylic acids is 1. The highest BCUT2D eigenvalue weighted by molar-refractivity contribution is 5.78. The van der Waals surface area contributed by atoms with Crippen molar-refractivity contribution in [1.82, 2.24) is 10.2 Å². The van der Waals surface area contributed by atoms with Crippen LogP contribution in [0.3, 0.4) is 0 Å². The van der Waals surface area contributed by atoms with Crippen LogP contribution < -0.4 is 5.32 Å². The van der Waals surface area contributed by atoms with Crippen LogP contribution in [0.5, 0.6) is 0 Å². The average molecular weight is 240 g/mol. The SMILES string of the molecule is CNCCN(C)C(=O)C1CCC(C(C)C)CC1. The summed E-state index contributed by atoms with van der Waals surface area (Å²) >= 11 is 0. The lowest BCUT2D eigenvalue weighted by Crippen LogP contribution is -2.38. The van der Waals surface area contributed by atoms with Gasteiger partial charge in [-0.3, -0.25) is 4.79 Å². The van der Waals surface area contributed by atoms with Gasteiger partial charge in [-0.1, -0.05) is 13.8 Å². The van der Waals surface area contributed by atoms with E-state index in [0.29, 0.717) is 5.91 Å². The highest BCUT2D eigenvalue weighted by Crippen LogP contribution is 2.33. The number of nitrogens with zero attached hydrogens (tertiary/aromatic N) is 1. The number of rotatable bonds is 5. The number of carbonyl (C=O) groups is 1. The summed E-state index contributed by atoms with van der Waals surface area (Å²) in [6.07, 6.45) is 4.64. The fourth-order valence-corrected chi connectivity index (χ4v) is 2.73. The van der Waals surface area contributed by atoms with Crippen LogP contribution in [0, 0.1) is 17.8 Å². The van der Waals surface area contributed by atoms with Crippen molar-refractivity contribution in [3.8, 4) is 0 Å². The van der Waals surface area contributed by atoms with E-state index < -0.39 is 0 Å². The maximum Gasteiger partial charge on any atom is 0.225 e. The molecular weight excluding hydrogens is 212 g/mol. The van der Waals surface area contributed by atoms with Crippen molar-refractivity contribution in [3.05, 3.63) is 0 Å². The molecule has 0 aromatic carbocycles. The van der Waals surface area contributed by atoms with Gasteiger partial charge in [0.2, 0.25) is 5.91 Å². The van der Waals surface area contributed by atoms with Crippen LogP contribution in [0.4, 0.5) is 0 Å². The number of hydrogen-bond acceptors (Lipinski definition) is 2. The first-order valence-corrected chi connectivity index (χ1v) is 6.95. The molecule has 0 saturated heterocycles. The lowest BCUT2D eigenvalue weighted by molar-refractivity contribution is -0.135. The van der Waals surface area contributed by atoms with Gasteiger partial charge in [-0.2, -0.15) is 0 Å². The first-order chi connectivity index (χ1) is 8.06. The van der Waals surface area contributed by atoms with Gasteiger partial charge < -0.3 is 10.2 Å². The highest BCUT2D eigenvalue weighted by atomic mass is 16.2. The number of hydrogen-bond donors (Lipinski definition) is 1. The first-order valence-electron chi connectivity index (χ1n) is 6.95. The van der Waals surface area contributed by atoms with Gasteiger partial charge in [-0.15, -0.1) is 0 Å². The molecule has 1 saturated carbocycles. The molecule has 3 nitrogen and oxygen atoms in total. The molecule has 0 atom stereocenters. The van der Waals surface area contributed by atoms with Gasteiger partial charge in [0, 0.05) is 26.1 Å². The molecule has 1 rings (SSSR count). The molecule has 0 bridgehead atoms. The first kappa shape index (κ1) is 14.5. The predicted octanol–water partition coefficient (Wildman–Crippen LogP) is 2.13. The summed E-state index contributed by atoms with van der Waals surface area (Å²) in [5.41, 5.74) is 0. The summed E-state index contributed by atoms with van der Waals surface area (Å²) in [7, 11) is 3.85. The van der Waals surface area contributed by atoms with Crippen molar-refractivity contribution < 1.29 is 4.79 Å². The number of nitrogens with one attached hydrogen (secondary N) is 1. The third kappa shape index (κ3) is 4.30. The minimum Gasteiger partial charge on any atom is -0.344 e. The normalized spacial score (nSPS) is 25.0. The minimum atomic E-state index is 0.284. The van der Waals surface area contributed by atoms with Crippen LogP contribution in [0.1, 0.15) is 39.5 Å². The lowest BCUT2D eigenvalue weighted by Gasteiger charge is -2.32. The van der Waals surface area contributed by atoms with E-state index in [2.05, 4.69) is 19.2 Å². The van der Waals surface area contributed by atoms with E-state index in [1.54, 1.807) is 0 Å². The molecule has 1 aliphatic rings. The van der Waals surface area contributed by atoms with Crippen molar-refractivity contribution >= 4 is 5.91 Å². The quantitative estimate of drug-likeness (QED) is 0.798. The molecule has 1 amide bonds. The van der Waals surface area contributed by atoms with Crippen LogP contribution in [0.25, 0.3) is 0 Å². The topological polar surface area (TPSA) is 32.3 Å². The van der Waals surface area contributed by atoms with E-state index in [4.69, 9.17) is 0 Å². The Morgan fingerprint density at radius 2 is 1.88 bits per heavy atom.